The summed E-state index contributed by atoms with van der Waals surface area (Å²) in [6.07, 6.45) is -1.31. The molecule has 0 aliphatic heterocycles. The fourth-order valence-corrected chi connectivity index (χ4v) is 2.38. The van der Waals surface area contributed by atoms with Crippen molar-refractivity contribution in [2.75, 3.05) is 33.9 Å². The molecule has 1 aromatic carbocycles. The quantitative estimate of drug-likeness (QED) is 0.808. The van der Waals surface area contributed by atoms with Crippen molar-refractivity contribution in [1.29, 1.82) is 0 Å². The van der Waals surface area contributed by atoms with Crippen molar-refractivity contribution in [1.82, 2.24) is 4.90 Å². The second kappa shape index (κ2) is 8.04. The lowest BCUT2D eigenvalue weighted by Gasteiger charge is -2.23. The molecule has 0 bridgehead atoms. The van der Waals surface area contributed by atoms with Gasteiger partial charge in [-0.15, -0.1) is 0 Å². The zero-order chi connectivity index (χ0) is 14.4. The van der Waals surface area contributed by atoms with Crippen LogP contribution >= 0.6 is 23.2 Å². The van der Waals surface area contributed by atoms with E-state index in [2.05, 4.69) is 0 Å². The maximum absolute atomic E-state index is 10.1. The summed E-state index contributed by atoms with van der Waals surface area (Å²) in [7, 11) is 3.34. The standard InChI is InChI=1S/C13H19Cl2NO3/c1-16(6-10(17)8-19-2)7-13(18)11-4-3-9(14)5-12(11)15/h3-5,10,13,17-18H,6-8H2,1-2H3. The van der Waals surface area contributed by atoms with Crippen molar-refractivity contribution in [2.45, 2.75) is 12.2 Å². The van der Waals surface area contributed by atoms with Crippen LogP contribution in [0.4, 0.5) is 0 Å². The lowest BCUT2D eigenvalue weighted by atomic mass is 10.1. The Labute approximate surface area is 123 Å². The summed E-state index contributed by atoms with van der Waals surface area (Å²) < 4.78 is 4.85. The van der Waals surface area contributed by atoms with E-state index in [9.17, 15) is 10.2 Å². The predicted molar refractivity (Wildman–Crippen MR) is 76.8 cm³/mol. The summed E-state index contributed by atoms with van der Waals surface area (Å²) in [6.45, 7) is 1.04. The van der Waals surface area contributed by atoms with E-state index in [0.717, 1.165) is 0 Å². The highest BCUT2D eigenvalue weighted by atomic mass is 35.5. The Morgan fingerprint density at radius 1 is 1.26 bits per heavy atom. The van der Waals surface area contributed by atoms with E-state index in [1.54, 1.807) is 18.2 Å². The van der Waals surface area contributed by atoms with Gasteiger partial charge in [0.2, 0.25) is 0 Å². The molecule has 0 amide bonds. The number of hydrogen-bond donors (Lipinski definition) is 2. The molecule has 0 radical (unpaired) electrons. The molecule has 0 aliphatic carbocycles. The zero-order valence-electron chi connectivity index (χ0n) is 11.0. The van der Waals surface area contributed by atoms with E-state index < -0.39 is 12.2 Å². The van der Waals surface area contributed by atoms with Gasteiger partial charge in [-0.05, 0) is 19.2 Å². The van der Waals surface area contributed by atoms with Crippen molar-refractivity contribution in [2.24, 2.45) is 0 Å². The molecule has 2 N–H and O–H groups in total. The Morgan fingerprint density at radius 3 is 2.53 bits per heavy atom. The first kappa shape index (κ1) is 16.7. The van der Waals surface area contributed by atoms with Crippen LogP contribution in [0.3, 0.4) is 0 Å². The normalized spacial score (nSPS) is 14.7. The van der Waals surface area contributed by atoms with Crippen LogP contribution in [0.2, 0.25) is 10.0 Å². The minimum absolute atomic E-state index is 0.266. The number of benzene rings is 1. The third-order valence-electron chi connectivity index (χ3n) is 2.69. The Morgan fingerprint density at radius 2 is 1.95 bits per heavy atom. The molecule has 1 rings (SSSR count). The molecule has 19 heavy (non-hydrogen) atoms. The molecular weight excluding hydrogens is 289 g/mol. The number of hydrogen-bond acceptors (Lipinski definition) is 4. The zero-order valence-corrected chi connectivity index (χ0v) is 12.5. The molecule has 108 valence electrons. The monoisotopic (exact) mass is 307 g/mol. The van der Waals surface area contributed by atoms with E-state index in [-0.39, 0.29) is 6.61 Å². The highest BCUT2D eigenvalue weighted by Gasteiger charge is 2.16. The minimum Gasteiger partial charge on any atom is -0.389 e. The average Bonchev–Trinajstić information content (AvgIpc) is 2.28. The second-order valence-electron chi connectivity index (χ2n) is 4.51. The third-order valence-corrected chi connectivity index (χ3v) is 3.25. The highest BCUT2D eigenvalue weighted by Crippen LogP contribution is 2.26. The van der Waals surface area contributed by atoms with E-state index in [4.69, 9.17) is 27.9 Å². The maximum atomic E-state index is 10.1. The molecule has 2 unspecified atom stereocenters. The fourth-order valence-electron chi connectivity index (χ4n) is 1.84. The number of nitrogens with zero attached hydrogens (tertiary/aromatic N) is 1. The van der Waals surface area contributed by atoms with Crippen LogP contribution in [0.25, 0.3) is 0 Å². The van der Waals surface area contributed by atoms with Gasteiger partial charge in [0, 0.05) is 35.8 Å². The van der Waals surface area contributed by atoms with Crippen molar-refractivity contribution in [3.05, 3.63) is 33.8 Å². The lowest BCUT2D eigenvalue weighted by molar-refractivity contribution is 0.0318. The van der Waals surface area contributed by atoms with Gasteiger partial charge < -0.3 is 19.8 Å². The lowest BCUT2D eigenvalue weighted by Crippen LogP contribution is -2.34. The highest BCUT2D eigenvalue weighted by molar-refractivity contribution is 6.35. The van der Waals surface area contributed by atoms with Crippen molar-refractivity contribution >= 4 is 23.2 Å². The van der Waals surface area contributed by atoms with E-state index >= 15 is 0 Å². The molecule has 0 heterocycles. The number of likely N-dealkylation sites (N-methyl/N-ethyl adjacent to an activating group) is 1. The Kier molecular flexibility index (Phi) is 7.07. The van der Waals surface area contributed by atoms with Crippen LogP contribution < -0.4 is 0 Å². The van der Waals surface area contributed by atoms with Gasteiger partial charge in [-0.1, -0.05) is 29.3 Å². The molecule has 0 aromatic heterocycles. The third kappa shape index (κ3) is 5.65. The maximum Gasteiger partial charge on any atom is 0.0931 e. The Balaban J connectivity index is 2.56. The van der Waals surface area contributed by atoms with Crippen LogP contribution in [0.5, 0.6) is 0 Å². The number of halogens is 2. The SMILES string of the molecule is COCC(O)CN(C)CC(O)c1ccc(Cl)cc1Cl. The van der Waals surface area contributed by atoms with Crippen LogP contribution in [-0.2, 0) is 4.74 Å². The summed E-state index contributed by atoms with van der Waals surface area (Å²) in [5.41, 5.74) is 0.624. The van der Waals surface area contributed by atoms with Crippen molar-refractivity contribution < 1.29 is 14.9 Å². The number of methoxy groups -OCH3 is 1. The number of rotatable bonds is 7. The smallest absolute Gasteiger partial charge is 0.0931 e. The topological polar surface area (TPSA) is 52.9 Å². The summed E-state index contributed by atoms with van der Waals surface area (Å²) in [5, 5.41) is 20.7. The summed E-state index contributed by atoms with van der Waals surface area (Å²) in [6, 6.07) is 4.99. The van der Waals surface area contributed by atoms with Crippen LogP contribution in [-0.4, -0.2) is 55.1 Å². The van der Waals surface area contributed by atoms with Gasteiger partial charge in [0.15, 0.2) is 0 Å². The molecule has 1 aromatic rings. The van der Waals surface area contributed by atoms with Gasteiger partial charge in [-0.25, -0.2) is 0 Å². The molecular formula is C13H19Cl2NO3. The van der Waals surface area contributed by atoms with Crippen LogP contribution in [0.15, 0.2) is 18.2 Å². The second-order valence-corrected chi connectivity index (χ2v) is 5.36. The summed E-state index contributed by atoms with van der Waals surface area (Å²) in [5.74, 6) is 0. The first-order valence-corrected chi connectivity index (χ1v) is 6.68. The number of aliphatic hydroxyl groups is 2. The summed E-state index contributed by atoms with van der Waals surface area (Å²) in [4.78, 5) is 1.82. The Bertz CT molecular complexity index is 403. The molecule has 2 atom stereocenters. The van der Waals surface area contributed by atoms with Gasteiger partial charge in [0.05, 0.1) is 18.8 Å². The molecule has 4 nitrogen and oxygen atoms in total. The first-order chi connectivity index (χ1) is 8.93. The molecule has 0 saturated heterocycles. The summed E-state index contributed by atoms with van der Waals surface area (Å²) >= 11 is 11.8. The molecule has 0 spiro atoms. The van der Waals surface area contributed by atoms with E-state index in [0.29, 0.717) is 28.7 Å². The Hall–Kier alpha value is -0.360. The van der Waals surface area contributed by atoms with Crippen LogP contribution in [0, 0.1) is 0 Å². The number of ether oxygens (including phenoxy) is 1. The minimum atomic E-state index is -0.732. The van der Waals surface area contributed by atoms with Gasteiger partial charge >= 0.3 is 0 Å². The molecule has 0 fully saturated rings. The molecule has 6 heteroatoms. The largest absolute Gasteiger partial charge is 0.389 e. The van der Waals surface area contributed by atoms with Gasteiger partial charge in [0.25, 0.3) is 0 Å². The van der Waals surface area contributed by atoms with E-state index in [1.807, 2.05) is 11.9 Å². The van der Waals surface area contributed by atoms with Gasteiger partial charge in [0.1, 0.15) is 0 Å². The molecule has 0 aliphatic rings. The number of aliphatic hydroxyl groups excluding tert-OH is 2. The van der Waals surface area contributed by atoms with E-state index in [1.165, 1.54) is 7.11 Å². The van der Waals surface area contributed by atoms with Crippen LogP contribution in [0.1, 0.15) is 11.7 Å². The van der Waals surface area contributed by atoms with Crippen molar-refractivity contribution in [3.63, 3.8) is 0 Å². The average molecular weight is 308 g/mol. The van der Waals surface area contributed by atoms with Crippen molar-refractivity contribution in [3.8, 4) is 0 Å². The predicted octanol–water partition coefficient (Wildman–Crippen LogP) is 1.97. The van der Waals surface area contributed by atoms with Gasteiger partial charge in [-0.2, -0.15) is 0 Å². The fraction of sp³-hybridized carbons (Fsp3) is 0.538. The van der Waals surface area contributed by atoms with Gasteiger partial charge in [-0.3, -0.25) is 0 Å². The first-order valence-electron chi connectivity index (χ1n) is 5.92. The molecule has 0 saturated carbocycles.